The Balaban J connectivity index is 1.16. The van der Waals surface area contributed by atoms with Gasteiger partial charge >= 0.3 is 0 Å². The molecule has 0 radical (unpaired) electrons. The summed E-state index contributed by atoms with van der Waals surface area (Å²) in [6, 6.07) is 10.8. The van der Waals surface area contributed by atoms with E-state index in [4.69, 9.17) is 14.2 Å². The van der Waals surface area contributed by atoms with Crippen LogP contribution in [-0.2, 0) is 9.59 Å². The molecule has 1 N–H and O–H groups in total. The van der Waals surface area contributed by atoms with E-state index in [9.17, 15) is 14.0 Å². The van der Waals surface area contributed by atoms with Crippen molar-refractivity contribution in [1.82, 2.24) is 10.2 Å². The minimum absolute atomic E-state index is 0.0699. The summed E-state index contributed by atoms with van der Waals surface area (Å²) in [4.78, 5) is 26.2. The fourth-order valence-corrected chi connectivity index (χ4v) is 4.32. The maximum atomic E-state index is 13.1. The monoisotopic (exact) mass is 456 g/mol. The summed E-state index contributed by atoms with van der Waals surface area (Å²) < 4.78 is 29.2. The van der Waals surface area contributed by atoms with Gasteiger partial charge in [0.15, 0.2) is 18.1 Å². The Bertz CT molecular complexity index is 1170. The van der Waals surface area contributed by atoms with Gasteiger partial charge in [-0.15, -0.1) is 10.2 Å². The Hall–Kier alpha value is -3.73. The minimum Gasteiger partial charge on any atom is -0.484 e. The first-order valence-electron chi connectivity index (χ1n) is 9.77. The molecule has 1 unspecified atom stereocenters. The third-order valence-corrected chi connectivity index (χ3v) is 6.01. The molecular weight excluding hydrogens is 439 g/mol. The molecule has 9 nitrogen and oxygen atoms in total. The normalized spacial score (nSPS) is 17.0. The highest BCUT2D eigenvalue weighted by molar-refractivity contribution is 7.15. The van der Waals surface area contributed by atoms with Crippen molar-refractivity contribution in [2.45, 2.75) is 12.3 Å². The van der Waals surface area contributed by atoms with Crippen LogP contribution in [0.2, 0.25) is 0 Å². The molecule has 11 heteroatoms. The number of amides is 2. The lowest BCUT2D eigenvalue weighted by atomic mass is 10.1. The largest absolute Gasteiger partial charge is 0.484 e. The number of anilines is 2. The predicted octanol–water partition coefficient (Wildman–Crippen LogP) is 2.94. The standard InChI is InChI=1S/C21H17FN4O5S/c22-13-1-3-14(4-2-13)26-9-12(7-19(26)28)20-24-25-21(32-20)23-18(27)10-29-15-5-6-16-17(8-15)31-11-30-16/h1-6,8,12H,7,9-11H2,(H,23,25,27). The van der Waals surface area contributed by atoms with Crippen molar-refractivity contribution in [1.29, 1.82) is 0 Å². The van der Waals surface area contributed by atoms with Crippen molar-refractivity contribution in [3.63, 3.8) is 0 Å². The predicted molar refractivity (Wildman–Crippen MR) is 113 cm³/mol. The number of halogens is 1. The van der Waals surface area contributed by atoms with Crippen LogP contribution in [0.1, 0.15) is 17.3 Å². The molecule has 1 fully saturated rings. The number of nitrogens with one attached hydrogen (secondary N) is 1. The van der Waals surface area contributed by atoms with Crippen LogP contribution < -0.4 is 24.4 Å². The third-order valence-electron chi connectivity index (χ3n) is 5.01. The first-order chi connectivity index (χ1) is 15.5. The van der Waals surface area contributed by atoms with Crippen LogP contribution in [0.15, 0.2) is 42.5 Å². The maximum Gasteiger partial charge on any atom is 0.264 e. The summed E-state index contributed by atoms with van der Waals surface area (Å²) in [5.74, 6) is 0.710. The Morgan fingerprint density at radius 1 is 1.19 bits per heavy atom. The second-order valence-corrected chi connectivity index (χ2v) is 8.19. The molecule has 164 valence electrons. The first-order valence-corrected chi connectivity index (χ1v) is 10.6. The molecule has 1 atom stereocenters. The van der Waals surface area contributed by atoms with E-state index in [0.717, 1.165) is 0 Å². The lowest BCUT2D eigenvalue weighted by Gasteiger charge is -2.16. The molecule has 32 heavy (non-hydrogen) atoms. The van der Waals surface area contributed by atoms with Gasteiger partial charge in [-0.25, -0.2) is 4.39 Å². The van der Waals surface area contributed by atoms with Crippen LogP contribution in [0.3, 0.4) is 0 Å². The van der Waals surface area contributed by atoms with E-state index in [1.54, 1.807) is 35.2 Å². The van der Waals surface area contributed by atoms with E-state index in [2.05, 4.69) is 15.5 Å². The molecule has 0 bridgehead atoms. The fraction of sp³-hybridized carbons (Fsp3) is 0.238. The van der Waals surface area contributed by atoms with Crippen LogP contribution in [0.4, 0.5) is 15.2 Å². The van der Waals surface area contributed by atoms with Gasteiger partial charge in [-0.2, -0.15) is 0 Å². The highest BCUT2D eigenvalue weighted by Crippen LogP contribution is 2.36. The Kier molecular flexibility index (Phi) is 5.31. The molecule has 5 rings (SSSR count). The van der Waals surface area contributed by atoms with Gasteiger partial charge in [-0.05, 0) is 36.4 Å². The van der Waals surface area contributed by atoms with Gasteiger partial charge in [0.1, 0.15) is 16.6 Å². The smallest absolute Gasteiger partial charge is 0.264 e. The SMILES string of the molecule is O=C(COc1ccc2c(c1)OCO2)Nc1nnc(C2CC(=O)N(c3ccc(F)cc3)C2)s1. The zero-order valence-electron chi connectivity index (χ0n) is 16.6. The molecule has 2 aromatic carbocycles. The van der Waals surface area contributed by atoms with Gasteiger partial charge in [-0.1, -0.05) is 11.3 Å². The third kappa shape index (κ3) is 4.19. The van der Waals surface area contributed by atoms with Crippen LogP contribution in [0, 0.1) is 5.82 Å². The van der Waals surface area contributed by atoms with Crippen molar-refractivity contribution in [3.8, 4) is 17.2 Å². The number of benzene rings is 2. The lowest BCUT2D eigenvalue weighted by molar-refractivity contribution is -0.118. The van der Waals surface area contributed by atoms with Crippen molar-refractivity contribution in [2.75, 3.05) is 30.2 Å². The zero-order valence-corrected chi connectivity index (χ0v) is 17.4. The molecule has 3 aromatic rings. The van der Waals surface area contributed by atoms with Crippen molar-refractivity contribution >= 4 is 34.0 Å². The van der Waals surface area contributed by atoms with Crippen molar-refractivity contribution in [3.05, 3.63) is 53.3 Å². The lowest BCUT2D eigenvalue weighted by Crippen LogP contribution is -2.24. The number of carbonyl (C=O) groups is 2. The van der Waals surface area contributed by atoms with Crippen LogP contribution in [0.25, 0.3) is 0 Å². The molecule has 2 aliphatic rings. The number of aromatic nitrogens is 2. The van der Waals surface area contributed by atoms with Crippen LogP contribution in [0.5, 0.6) is 17.2 Å². The molecule has 0 aliphatic carbocycles. The molecule has 1 aromatic heterocycles. The molecule has 0 spiro atoms. The number of rotatable bonds is 6. The molecule has 0 saturated carbocycles. The van der Waals surface area contributed by atoms with Crippen LogP contribution in [-0.4, -0.2) is 42.0 Å². The summed E-state index contributed by atoms with van der Waals surface area (Å²) in [7, 11) is 0. The number of hydrogen-bond donors (Lipinski definition) is 1. The van der Waals surface area contributed by atoms with E-state index in [1.165, 1.54) is 23.5 Å². The average molecular weight is 456 g/mol. The summed E-state index contributed by atoms with van der Waals surface area (Å²) in [5, 5.41) is 11.8. The summed E-state index contributed by atoms with van der Waals surface area (Å²) in [5.41, 5.74) is 0.637. The van der Waals surface area contributed by atoms with Gasteiger partial charge in [0, 0.05) is 30.6 Å². The van der Waals surface area contributed by atoms with E-state index in [0.29, 0.717) is 39.6 Å². The van der Waals surface area contributed by atoms with Gasteiger partial charge < -0.3 is 19.1 Å². The Labute approximate surface area is 185 Å². The molecule has 3 heterocycles. The first kappa shape index (κ1) is 20.2. The zero-order chi connectivity index (χ0) is 22.1. The Morgan fingerprint density at radius 2 is 2.00 bits per heavy atom. The van der Waals surface area contributed by atoms with E-state index in [1.807, 2.05) is 0 Å². The molecule has 2 amide bonds. The van der Waals surface area contributed by atoms with E-state index < -0.39 is 0 Å². The summed E-state index contributed by atoms with van der Waals surface area (Å²) in [6.07, 6.45) is 0.271. The molecular formula is C21H17FN4O5S. The van der Waals surface area contributed by atoms with E-state index in [-0.39, 0.29) is 43.4 Å². The summed E-state index contributed by atoms with van der Waals surface area (Å²) in [6.45, 7) is 0.363. The quantitative estimate of drug-likeness (QED) is 0.608. The van der Waals surface area contributed by atoms with Gasteiger partial charge in [0.25, 0.3) is 5.91 Å². The second-order valence-electron chi connectivity index (χ2n) is 7.18. The van der Waals surface area contributed by atoms with Crippen LogP contribution >= 0.6 is 11.3 Å². The number of carbonyl (C=O) groups excluding carboxylic acids is 2. The summed E-state index contributed by atoms with van der Waals surface area (Å²) >= 11 is 1.21. The topological polar surface area (TPSA) is 103 Å². The maximum absolute atomic E-state index is 13.1. The minimum atomic E-state index is -0.388. The number of ether oxygens (including phenoxy) is 3. The average Bonchev–Trinajstić information content (AvgIpc) is 3.52. The van der Waals surface area contributed by atoms with Gasteiger partial charge in [0.05, 0.1) is 0 Å². The van der Waals surface area contributed by atoms with Gasteiger partial charge in [-0.3, -0.25) is 14.9 Å². The molecule has 2 aliphatic heterocycles. The number of hydrogen-bond acceptors (Lipinski definition) is 8. The Morgan fingerprint density at radius 3 is 2.84 bits per heavy atom. The second kappa shape index (κ2) is 8.42. The highest BCUT2D eigenvalue weighted by atomic mass is 32.1. The van der Waals surface area contributed by atoms with Crippen molar-refractivity contribution in [2.24, 2.45) is 0 Å². The van der Waals surface area contributed by atoms with E-state index >= 15 is 0 Å². The molecule has 1 saturated heterocycles. The fourth-order valence-electron chi connectivity index (χ4n) is 3.46. The highest BCUT2D eigenvalue weighted by Gasteiger charge is 2.34. The van der Waals surface area contributed by atoms with Gasteiger partial charge in [0.2, 0.25) is 17.8 Å². The number of fused-ring (bicyclic) bond motifs is 1. The number of nitrogens with zero attached hydrogens (tertiary/aromatic N) is 3. The van der Waals surface area contributed by atoms with Crippen molar-refractivity contribution < 1.29 is 28.2 Å².